The number of hydrogen-bond acceptors (Lipinski definition) is 3. The highest BCUT2D eigenvalue weighted by Crippen LogP contribution is 2.36. The lowest BCUT2D eigenvalue weighted by molar-refractivity contribution is -0.166. The molecular weight excluding hydrogens is 273 g/mol. The zero-order valence-corrected chi connectivity index (χ0v) is 11.6. The number of carbonyl (C=O) groups is 1. The fourth-order valence-electron chi connectivity index (χ4n) is 2.56. The number of carbonyl (C=O) groups excluding carboxylic acids is 1. The molecule has 116 valence electrons. The van der Waals surface area contributed by atoms with E-state index >= 15 is 0 Å². The van der Waals surface area contributed by atoms with Gasteiger partial charge in [-0.2, -0.15) is 13.2 Å². The molecule has 7 heteroatoms. The molecule has 0 spiro atoms. The Bertz CT molecular complexity index is 339. The number of nitrogens with one attached hydrogen (secondary N) is 1. The summed E-state index contributed by atoms with van der Waals surface area (Å²) in [7, 11) is 0. The first-order valence-electron chi connectivity index (χ1n) is 7.04. The number of alkyl halides is 3. The average Bonchev–Trinajstić information content (AvgIpc) is 3.19. The van der Waals surface area contributed by atoms with Crippen LogP contribution in [0, 0.1) is 5.92 Å². The van der Waals surface area contributed by atoms with Gasteiger partial charge in [-0.05, 0) is 25.7 Å². The second kappa shape index (κ2) is 6.30. The molecule has 1 heterocycles. The number of amides is 1. The van der Waals surface area contributed by atoms with Crippen molar-refractivity contribution in [3.05, 3.63) is 0 Å². The molecule has 4 nitrogen and oxygen atoms in total. The summed E-state index contributed by atoms with van der Waals surface area (Å²) in [6, 6.07) is -0.521. The monoisotopic (exact) mass is 294 g/mol. The summed E-state index contributed by atoms with van der Waals surface area (Å²) in [5.41, 5.74) is 0. The zero-order valence-electron chi connectivity index (χ0n) is 11.6. The van der Waals surface area contributed by atoms with E-state index in [1.54, 1.807) is 6.92 Å². The summed E-state index contributed by atoms with van der Waals surface area (Å²) in [5.74, 6) is -0.221. The van der Waals surface area contributed by atoms with Gasteiger partial charge in [-0.25, -0.2) is 0 Å². The molecule has 1 aliphatic carbocycles. The van der Waals surface area contributed by atoms with Crippen molar-refractivity contribution < 1.29 is 22.7 Å². The van der Waals surface area contributed by atoms with Crippen molar-refractivity contribution in [1.82, 2.24) is 10.2 Å². The Balaban J connectivity index is 1.94. The number of halogens is 3. The van der Waals surface area contributed by atoms with Crippen LogP contribution in [0.15, 0.2) is 0 Å². The van der Waals surface area contributed by atoms with Gasteiger partial charge >= 0.3 is 6.18 Å². The maximum absolute atomic E-state index is 12.7. The fourth-order valence-corrected chi connectivity index (χ4v) is 2.56. The Morgan fingerprint density at radius 1 is 1.45 bits per heavy atom. The second-order valence-corrected chi connectivity index (χ2v) is 5.64. The first kappa shape index (κ1) is 15.6. The lowest BCUT2D eigenvalue weighted by atomic mass is 10.1. The van der Waals surface area contributed by atoms with Crippen LogP contribution in [-0.4, -0.2) is 55.4 Å². The van der Waals surface area contributed by atoms with Crippen molar-refractivity contribution in [3.63, 3.8) is 0 Å². The van der Waals surface area contributed by atoms with Crippen molar-refractivity contribution in [2.24, 2.45) is 5.92 Å². The van der Waals surface area contributed by atoms with Gasteiger partial charge in [-0.3, -0.25) is 4.79 Å². The Labute approximate surface area is 116 Å². The Hall–Kier alpha value is -0.820. The van der Waals surface area contributed by atoms with E-state index in [2.05, 4.69) is 5.32 Å². The Morgan fingerprint density at radius 3 is 2.65 bits per heavy atom. The van der Waals surface area contributed by atoms with E-state index in [9.17, 15) is 18.0 Å². The summed E-state index contributed by atoms with van der Waals surface area (Å²) in [6.45, 7) is 2.15. The molecule has 1 amide bonds. The molecule has 0 aromatic rings. The number of rotatable bonds is 5. The molecule has 2 aliphatic rings. The van der Waals surface area contributed by atoms with E-state index in [1.165, 1.54) is 0 Å². The second-order valence-electron chi connectivity index (χ2n) is 5.64. The summed E-state index contributed by atoms with van der Waals surface area (Å²) in [5, 5.41) is 3.10. The van der Waals surface area contributed by atoms with Gasteiger partial charge in [-0.15, -0.1) is 0 Å². The predicted molar refractivity (Wildman–Crippen MR) is 67.2 cm³/mol. The molecule has 1 saturated carbocycles. The van der Waals surface area contributed by atoms with Gasteiger partial charge in [0.25, 0.3) is 0 Å². The van der Waals surface area contributed by atoms with Crippen LogP contribution < -0.4 is 5.32 Å². The van der Waals surface area contributed by atoms with Gasteiger partial charge in [0.2, 0.25) is 5.91 Å². The number of nitrogens with zero attached hydrogens (tertiary/aromatic N) is 1. The van der Waals surface area contributed by atoms with E-state index in [4.69, 9.17) is 4.74 Å². The topological polar surface area (TPSA) is 41.6 Å². The van der Waals surface area contributed by atoms with Crippen molar-refractivity contribution in [1.29, 1.82) is 0 Å². The van der Waals surface area contributed by atoms with Crippen LogP contribution in [0.5, 0.6) is 0 Å². The van der Waals surface area contributed by atoms with E-state index in [0.717, 1.165) is 17.7 Å². The molecule has 20 heavy (non-hydrogen) atoms. The fraction of sp³-hybridized carbons (Fsp3) is 0.923. The van der Waals surface area contributed by atoms with Crippen LogP contribution in [0.1, 0.15) is 26.2 Å². The maximum Gasteiger partial charge on any atom is 0.406 e. The predicted octanol–water partition coefficient (Wildman–Crippen LogP) is 1.55. The Morgan fingerprint density at radius 2 is 2.15 bits per heavy atom. The van der Waals surface area contributed by atoms with Crippen molar-refractivity contribution in [2.75, 3.05) is 26.3 Å². The molecule has 2 unspecified atom stereocenters. The highest BCUT2D eigenvalue weighted by Gasteiger charge is 2.40. The third kappa shape index (κ3) is 4.63. The molecule has 0 bridgehead atoms. The lowest BCUT2D eigenvalue weighted by Gasteiger charge is -2.32. The van der Waals surface area contributed by atoms with Crippen LogP contribution in [-0.2, 0) is 9.53 Å². The highest BCUT2D eigenvalue weighted by atomic mass is 19.4. The van der Waals surface area contributed by atoms with Crippen LogP contribution in [0.25, 0.3) is 0 Å². The summed E-state index contributed by atoms with van der Waals surface area (Å²) >= 11 is 0. The first-order valence-corrected chi connectivity index (χ1v) is 7.04. The Kier molecular flexibility index (Phi) is 4.90. The van der Waals surface area contributed by atoms with E-state index in [0.29, 0.717) is 19.8 Å². The number of ether oxygens (including phenoxy) is 1. The normalized spacial score (nSPS) is 25.3. The van der Waals surface area contributed by atoms with Crippen LogP contribution in [0.4, 0.5) is 13.2 Å². The standard InChI is InChI=1S/C13H21F3N2O2/c1-9(10-2-3-10)18(8-13(14,15)16)12(19)6-11-7-20-5-4-17-11/h9-11,17H,2-8H2,1H3. The maximum atomic E-state index is 12.7. The minimum absolute atomic E-state index is 0.0626. The first-order chi connectivity index (χ1) is 9.37. The third-order valence-corrected chi connectivity index (χ3v) is 3.89. The minimum Gasteiger partial charge on any atom is -0.378 e. The smallest absolute Gasteiger partial charge is 0.378 e. The molecule has 0 aromatic carbocycles. The van der Waals surface area contributed by atoms with E-state index in [1.807, 2.05) is 0 Å². The largest absolute Gasteiger partial charge is 0.406 e. The molecule has 2 fully saturated rings. The van der Waals surface area contributed by atoms with Gasteiger partial charge in [0.15, 0.2) is 0 Å². The van der Waals surface area contributed by atoms with Gasteiger partial charge in [-0.1, -0.05) is 0 Å². The quantitative estimate of drug-likeness (QED) is 0.836. The SMILES string of the molecule is CC(C1CC1)N(CC(F)(F)F)C(=O)CC1COCCN1. The molecule has 1 aliphatic heterocycles. The lowest BCUT2D eigenvalue weighted by Crippen LogP contribution is -2.49. The van der Waals surface area contributed by atoms with Crippen molar-refractivity contribution in [3.8, 4) is 0 Å². The van der Waals surface area contributed by atoms with E-state index < -0.39 is 18.6 Å². The van der Waals surface area contributed by atoms with Gasteiger partial charge in [0.05, 0.1) is 13.2 Å². The molecule has 2 rings (SSSR count). The van der Waals surface area contributed by atoms with Gasteiger partial charge in [0, 0.05) is 25.0 Å². The summed E-state index contributed by atoms with van der Waals surface area (Å²) in [6.07, 6.45) is -2.47. The van der Waals surface area contributed by atoms with Crippen molar-refractivity contribution >= 4 is 5.91 Å². The van der Waals surface area contributed by atoms with Crippen LogP contribution in [0.2, 0.25) is 0 Å². The third-order valence-electron chi connectivity index (χ3n) is 3.89. The highest BCUT2D eigenvalue weighted by molar-refractivity contribution is 5.77. The van der Waals surface area contributed by atoms with Crippen LogP contribution >= 0.6 is 0 Å². The summed E-state index contributed by atoms with van der Waals surface area (Å²) in [4.78, 5) is 13.2. The van der Waals surface area contributed by atoms with Crippen molar-refractivity contribution in [2.45, 2.75) is 44.4 Å². The van der Waals surface area contributed by atoms with Gasteiger partial charge in [0.1, 0.15) is 6.54 Å². The number of hydrogen-bond donors (Lipinski definition) is 1. The van der Waals surface area contributed by atoms with E-state index in [-0.39, 0.29) is 24.4 Å². The van der Waals surface area contributed by atoms with Gasteiger partial charge < -0.3 is 15.0 Å². The minimum atomic E-state index is -4.35. The number of morpholine rings is 1. The van der Waals surface area contributed by atoms with Crippen LogP contribution in [0.3, 0.4) is 0 Å². The molecular formula is C13H21F3N2O2. The molecule has 0 aromatic heterocycles. The average molecular weight is 294 g/mol. The molecule has 1 N–H and O–H groups in total. The molecule has 2 atom stereocenters. The summed E-state index contributed by atoms with van der Waals surface area (Å²) < 4.78 is 43.2. The molecule has 0 radical (unpaired) electrons. The molecule has 1 saturated heterocycles. The zero-order chi connectivity index (χ0) is 14.8.